The normalized spacial score (nSPS) is 9.62. The lowest BCUT2D eigenvalue weighted by molar-refractivity contribution is -0.385. The highest BCUT2D eigenvalue weighted by molar-refractivity contribution is 5.55. The average molecular weight is 182 g/mol. The molecule has 2 N–H and O–H groups in total. The Morgan fingerprint density at radius 2 is 2.31 bits per heavy atom. The van der Waals surface area contributed by atoms with Gasteiger partial charge in [0.1, 0.15) is 0 Å². The zero-order chi connectivity index (χ0) is 9.84. The first-order valence-corrected chi connectivity index (χ1v) is 3.82. The van der Waals surface area contributed by atoms with Gasteiger partial charge in [0, 0.05) is 17.8 Å². The highest BCUT2D eigenvalue weighted by atomic mass is 16.6. The number of rotatable bonds is 3. The predicted molar refractivity (Wildman–Crippen MR) is 48.7 cm³/mol. The number of nitro benzene ring substituents is 1. The summed E-state index contributed by atoms with van der Waals surface area (Å²) in [6, 6.07) is 4.25. The molecule has 0 saturated carbocycles. The summed E-state index contributed by atoms with van der Waals surface area (Å²) in [4.78, 5) is 10.00. The van der Waals surface area contributed by atoms with Crippen LogP contribution >= 0.6 is 0 Å². The molecule has 0 bridgehead atoms. The predicted octanol–water partition coefficient (Wildman–Crippen LogP) is 1.58. The zero-order valence-electron chi connectivity index (χ0n) is 7.19. The Kier molecular flexibility index (Phi) is 2.69. The SMILES string of the molecule is CCOc1cc(N)ccc1[N+](=O)[O-]. The molecule has 0 saturated heterocycles. The van der Waals surface area contributed by atoms with E-state index in [2.05, 4.69) is 0 Å². The van der Waals surface area contributed by atoms with Gasteiger partial charge < -0.3 is 10.5 Å². The third-order valence-electron chi connectivity index (χ3n) is 1.48. The molecule has 0 heterocycles. The van der Waals surface area contributed by atoms with Crippen molar-refractivity contribution in [2.75, 3.05) is 12.3 Å². The average Bonchev–Trinajstić information content (AvgIpc) is 2.04. The molecule has 0 aromatic heterocycles. The lowest BCUT2D eigenvalue weighted by atomic mass is 10.2. The highest BCUT2D eigenvalue weighted by Gasteiger charge is 2.13. The van der Waals surface area contributed by atoms with Crippen molar-refractivity contribution >= 4 is 11.4 Å². The minimum Gasteiger partial charge on any atom is -0.487 e. The van der Waals surface area contributed by atoms with Crippen LogP contribution in [0, 0.1) is 10.1 Å². The maximum atomic E-state index is 10.5. The highest BCUT2D eigenvalue weighted by Crippen LogP contribution is 2.28. The van der Waals surface area contributed by atoms with Crippen LogP contribution in [0.25, 0.3) is 0 Å². The molecule has 13 heavy (non-hydrogen) atoms. The first kappa shape index (κ1) is 9.31. The fourth-order valence-corrected chi connectivity index (χ4v) is 0.953. The minimum atomic E-state index is -0.496. The van der Waals surface area contributed by atoms with E-state index in [1.165, 1.54) is 18.2 Å². The first-order chi connectivity index (χ1) is 6.15. The standard InChI is InChI=1S/C8H10N2O3/c1-2-13-8-5-6(9)3-4-7(8)10(11)12/h3-5H,2,9H2,1H3. The molecule has 0 radical (unpaired) electrons. The molecule has 1 rings (SSSR count). The maximum Gasteiger partial charge on any atom is 0.311 e. The largest absolute Gasteiger partial charge is 0.487 e. The number of nitrogen functional groups attached to an aromatic ring is 1. The molecule has 0 spiro atoms. The molecule has 0 unspecified atom stereocenters. The van der Waals surface area contributed by atoms with Crippen LogP contribution in [0.2, 0.25) is 0 Å². The van der Waals surface area contributed by atoms with Gasteiger partial charge in [-0.3, -0.25) is 10.1 Å². The van der Waals surface area contributed by atoms with Gasteiger partial charge in [0.15, 0.2) is 5.75 Å². The van der Waals surface area contributed by atoms with Gasteiger partial charge in [-0.25, -0.2) is 0 Å². The van der Waals surface area contributed by atoms with Crippen molar-refractivity contribution in [1.29, 1.82) is 0 Å². The van der Waals surface area contributed by atoms with Gasteiger partial charge in [0.05, 0.1) is 11.5 Å². The number of anilines is 1. The summed E-state index contributed by atoms with van der Waals surface area (Å²) in [7, 11) is 0. The summed E-state index contributed by atoms with van der Waals surface area (Å²) in [6.45, 7) is 2.14. The summed E-state index contributed by atoms with van der Waals surface area (Å²) in [5, 5.41) is 10.5. The second-order valence-corrected chi connectivity index (χ2v) is 2.42. The van der Waals surface area contributed by atoms with Gasteiger partial charge in [0.2, 0.25) is 0 Å². The third-order valence-corrected chi connectivity index (χ3v) is 1.48. The van der Waals surface area contributed by atoms with Crippen molar-refractivity contribution in [3.8, 4) is 5.75 Å². The fourth-order valence-electron chi connectivity index (χ4n) is 0.953. The Balaban J connectivity index is 3.10. The monoisotopic (exact) mass is 182 g/mol. The quantitative estimate of drug-likeness (QED) is 0.437. The number of ether oxygens (including phenoxy) is 1. The number of hydrogen-bond donors (Lipinski definition) is 1. The van der Waals surface area contributed by atoms with Crippen molar-refractivity contribution < 1.29 is 9.66 Å². The van der Waals surface area contributed by atoms with Crippen molar-refractivity contribution in [3.63, 3.8) is 0 Å². The lowest BCUT2D eigenvalue weighted by Crippen LogP contribution is -1.98. The lowest BCUT2D eigenvalue weighted by Gasteiger charge is -2.03. The molecule has 5 nitrogen and oxygen atoms in total. The minimum absolute atomic E-state index is 0.0592. The summed E-state index contributed by atoms with van der Waals surface area (Å²) in [5.41, 5.74) is 5.85. The van der Waals surface area contributed by atoms with Crippen molar-refractivity contribution in [2.45, 2.75) is 6.92 Å². The Bertz CT molecular complexity index is 325. The van der Waals surface area contributed by atoms with Crippen LogP contribution in [0.4, 0.5) is 11.4 Å². The van der Waals surface area contributed by atoms with E-state index in [0.29, 0.717) is 12.3 Å². The Labute approximate surface area is 75.3 Å². The van der Waals surface area contributed by atoms with Crippen LogP contribution < -0.4 is 10.5 Å². The second-order valence-electron chi connectivity index (χ2n) is 2.42. The van der Waals surface area contributed by atoms with Crippen LogP contribution in [0.3, 0.4) is 0 Å². The molecular formula is C8H10N2O3. The van der Waals surface area contributed by atoms with E-state index in [1.807, 2.05) is 0 Å². The van der Waals surface area contributed by atoms with Gasteiger partial charge in [-0.05, 0) is 13.0 Å². The van der Waals surface area contributed by atoms with E-state index in [9.17, 15) is 10.1 Å². The van der Waals surface area contributed by atoms with E-state index in [1.54, 1.807) is 6.92 Å². The van der Waals surface area contributed by atoms with E-state index in [-0.39, 0.29) is 11.4 Å². The Morgan fingerprint density at radius 1 is 1.62 bits per heavy atom. The van der Waals surface area contributed by atoms with Gasteiger partial charge in [-0.2, -0.15) is 0 Å². The van der Waals surface area contributed by atoms with Crippen molar-refractivity contribution in [1.82, 2.24) is 0 Å². The zero-order valence-corrected chi connectivity index (χ0v) is 7.19. The number of nitro groups is 1. The number of nitrogens with two attached hydrogens (primary N) is 1. The van der Waals surface area contributed by atoms with Gasteiger partial charge >= 0.3 is 5.69 Å². The Morgan fingerprint density at radius 3 is 2.85 bits per heavy atom. The van der Waals surface area contributed by atoms with Crippen LogP contribution in [0.1, 0.15) is 6.92 Å². The van der Waals surface area contributed by atoms with Gasteiger partial charge in [-0.1, -0.05) is 0 Å². The number of benzene rings is 1. The van der Waals surface area contributed by atoms with Crippen LogP contribution in [-0.2, 0) is 0 Å². The van der Waals surface area contributed by atoms with Crippen LogP contribution in [-0.4, -0.2) is 11.5 Å². The van der Waals surface area contributed by atoms with Crippen molar-refractivity contribution in [3.05, 3.63) is 28.3 Å². The van der Waals surface area contributed by atoms with Crippen LogP contribution in [0.15, 0.2) is 18.2 Å². The first-order valence-electron chi connectivity index (χ1n) is 3.82. The summed E-state index contributed by atoms with van der Waals surface area (Å²) in [6.07, 6.45) is 0. The summed E-state index contributed by atoms with van der Waals surface area (Å²) in [5.74, 6) is 0.215. The fraction of sp³-hybridized carbons (Fsp3) is 0.250. The number of hydrogen-bond acceptors (Lipinski definition) is 4. The van der Waals surface area contributed by atoms with Gasteiger partial charge in [0.25, 0.3) is 0 Å². The Hall–Kier alpha value is -1.78. The topological polar surface area (TPSA) is 78.4 Å². The summed E-state index contributed by atoms with van der Waals surface area (Å²) < 4.78 is 5.06. The smallest absolute Gasteiger partial charge is 0.311 e. The van der Waals surface area contributed by atoms with Crippen molar-refractivity contribution in [2.24, 2.45) is 0 Å². The molecule has 70 valence electrons. The van der Waals surface area contributed by atoms with Gasteiger partial charge in [-0.15, -0.1) is 0 Å². The molecule has 0 aliphatic heterocycles. The number of nitrogens with zero attached hydrogens (tertiary/aromatic N) is 1. The molecular weight excluding hydrogens is 172 g/mol. The van der Waals surface area contributed by atoms with E-state index in [4.69, 9.17) is 10.5 Å². The molecule has 1 aromatic carbocycles. The third kappa shape index (κ3) is 2.08. The molecule has 0 atom stereocenters. The van der Waals surface area contributed by atoms with Crippen LogP contribution in [0.5, 0.6) is 5.75 Å². The molecule has 0 fully saturated rings. The van der Waals surface area contributed by atoms with E-state index in [0.717, 1.165) is 0 Å². The summed E-state index contributed by atoms with van der Waals surface area (Å²) >= 11 is 0. The molecule has 1 aromatic rings. The van der Waals surface area contributed by atoms with E-state index < -0.39 is 4.92 Å². The maximum absolute atomic E-state index is 10.5. The second kappa shape index (κ2) is 3.75. The molecule has 0 amide bonds. The molecule has 0 aliphatic carbocycles. The molecule has 0 aliphatic rings. The molecule has 5 heteroatoms. The van der Waals surface area contributed by atoms with E-state index >= 15 is 0 Å².